The van der Waals surface area contributed by atoms with Crippen LogP contribution in [0, 0.1) is 5.53 Å². The Morgan fingerprint density at radius 2 is 2.00 bits per heavy atom. The summed E-state index contributed by atoms with van der Waals surface area (Å²) in [5, 5.41) is 2.79. The van der Waals surface area contributed by atoms with Gasteiger partial charge in [-0.15, -0.1) is 5.11 Å². The van der Waals surface area contributed by atoms with E-state index in [1.54, 1.807) is 0 Å². The minimum absolute atomic E-state index is 0.227. The molecule has 1 amide bonds. The zero-order chi connectivity index (χ0) is 8.10. The van der Waals surface area contributed by atoms with Crippen molar-refractivity contribution in [3.8, 4) is 0 Å². The number of carbonyl (C=O) groups is 1. The van der Waals surface area contributed by atoms with Gasteiger partial charge in [0.2, 0.25) is 0 Å². The monoisotopic (exact) mass is 148 g/mol. The Kier molecular flexibility index (Phi) is 2.49. The zero-order valence-electron chi connectivity index (χ0n) is 5.95. The number of amides is 1. The molecule has 3 nitrogen and oxygen atoms in total. The molecule has 0 aliphatic rings. The fourth-order valence-corrected chi connectivity index (χ4v) is 0.810. The number of hydrogen-bond donors (Lipinski definition) is 1. The molecule has 56 valence electrons. The van der Waals surface area contributed by atoms with E-state index in [1.165, 1.54) is 0 Å². The predicted molar refractivity (Wildman–Crippen MR) is 40.3 cm³/mol. The van der Waals surface area contributed by atoms with Gasteiger partial charge in [0.05, 0.1) is 6.42 Å². The zero-order valence-corrected chi connectivity index (χ0v) is 5.95. The molecule has 0 aliphatic carbocycles. The molecule has 0 heterocycles. The average molecular weight is 148 g/mol. The lowest BCUT2D eigenvalue weighted by molar-refractivity contribution is -0.117. The second-order valence-corrected chi connectivity index (χ2v) is 2.17. The molecule has 1 aromatic carbocycles. The maximum absolute atomic E-state index is 10.6. The Bertz CT molecular complexity index is 256. The molecular formula is C8H8N2O. The van der Waals surface area contributed by atoms with Crippen molar-refractivity contribution in [2.75, 3.05) is 0 Å². The number of benzene rings is 1. The van der Waals surface area contributed by atoms with Gasteiger partial charge in [0, 0.05) is 0 Å². The van der Waals surface area contributed by atoms with Gasteiger partial charge >= 0.3 is 0 Å². The number of nitrogens with one attached hydrogen (secondary N) is 1. The van der Waals surface area contributed by atoms with Crippen molar-refractivity contribution < 1.29 is 4.79 Å². The van der Waals surface area contributed by atoms with Gasteiger partial charge in [-0.3, -0.25) is 4.79 Å². The molecule has 0 unspecified atom stereocenters. The van der Waals surface area contributed by atoms with Crippen molar-refractivity contribution in [2.24, 2.45) is 5.11 Å². The van der Waals surface area contributed by atoms with Crippen LogP contribution in [0.4, 0.5) is 0 Å². The van der Waals surface area contributed by atoms with E-state index in [-0.39, 0.29) is 6.42 Å². The van der Waals surface area contributed by atoms with Crippen molar-refractivity contribution >= 4 is 5.91 Å². The molecule has 1 rings (SSSR count). The molecule has 0 spiro atoms. The number of carbonyl (C=O) groups excluding carboxylic acids is 1. The van der Waals surface area contributed by atoms with E-state index in [0.29, 0.717) is 0 Å². The summed E-state index contributed by atoms with van der Waals surface area (Å²) < 4.78 is 0. The lowest BCUT2D eigenvalue weighted by Crippen LogP contribution is -1.96. The smallest absolute Gasteiger partial charge is 0.268 e. The van der Waals surface area contributed by atoms with Gasteiger partial charge < -0.3 is 0 Å². The minimum atomic E-state index is -0.406. The summed E-state index contributed by atoms with van der Waals surface area (Å²) in [5.41, 5.74) is 7.33. The Morgan fingerprint density at radius 3 is 2.55 bits per heavy atom. The molecule has 0 aliphatic heterocycles. The molecule has 0 saturated carbocycles. The largest absolute Gasteiger partial charge is 0.271 e. The van der Waals surface area contributed by atoms with Crippen LogP contribution >= 0.6 is 0 Å². The van der Waals surface area contributed by atoms with Crippen LogP contribution in [0.2, 0.25) is 0 Å². The van der Waals surface area contributed by atoms with E-state index in [4.69, 9.17) is 5.53 Å². The van der Waals surface area contributed by atoms with Gasteiger partial charge in [-0.2, -0.15) is 0 Å². The van der Waals surface area contributed by atoms with Crippen LogP contribution in [-0.4, -0.2) is 5.91 Å². The highest BCUT2D eigenvalue weighted by atomic mass is 16.1. The van der Waals surface area contributed by atoms with Crippen LogP contribution in [0.5, 0.6) is 0 Å². The maximum Gasteiger partial charge on any atom is 0.268 e. The number of rotatable bonds is 2. The summed E-state index contributed by atoms with van der Waals surface area (Å²) in [7, 11) is 0. The van der Waals surface area contributed by atoms with Gasteiger partial charge in [-0.1, -0.05) is 30.3 Å². The average Bonchev–Trinajstić information content (AvgIpc) is 2.06. The van der Waals surface area contributed by atoms with Crippen LogP contribution in [0.3, 0.4) is 0 Å². The molecular weight excluding hydrogens is 140 g/mol. The van der Waals surface area contributed by atoms with Crippen molar-refractivity contribution in [3.63, 3.8) is 0 Å². The normalized spacial score (nSPS) is 9.09. The number of nitrogens with zero attached hydrogens (tertiary/aromatic N) is 1. The molecule has 0 aromatic heterocycles. The van der Waals surface area contributed by atoms with E-state index < -0.39 is 5.91 Å². The van der Waals surface area contributed by atoms with Gasteiger partial charge in [0.25, 0.3) is 5.91 Å². The predicted octanol–water partition coefficient (Wildman–Crippen LogP) is 1.79. The Labute approximate surface area is 64.6 Å². The van der Waals surface area contributed by atoms with Crippen LogP contribution < -0.4 is 0 Å². The van der Waals surface area contributed by atoms with Gasteiger partial charge in [0.1, 0.15) is 0 Å². The van der Waals surface area contributed by atoms with E-state index in [1.807, 2.05) is 30.3 Å². The van der Waals surface area contributed by atoms with Crippen LogP contribution in [0.1, 0.15) is 5.56 Å². The molecule has 0 fully saturated rings. The highest BCUT2D eigenvalue weighted by Gasteiger charge is 1.98. The van der Waals surface area contributed by atoms with E-state index in [0.717, 1.165) is 5.56 Å². The summed E-state index contributed by atoms with van der Waals surface area (Å²) in [6.45, 7) is 0. The molecule has 0 radical (unpaired) electrons. The summed E-state index contributed by atoms with van der Waals surface area (Å²) >= 11 is 0. The van der Waals surface area contributed by atoms with Crippen LogP contribution in [0.15, 0.2) is 35.4 Å². The second kappa shape index (κ2) is 3.61. The van der Waals surface area contributed by atoms with Crippen molar-refractivity contribution in [1.82, 2.24) is 0 Å². The lowest BCUT2D eigenvalue weighted by atomic mass is 10.1. The summed E-state index contributed by atoms with van der Waals surface area (Å²) in [6, 6.07) is 9.26. The topological polar surface area (TPSA) is 53.3 Å². The van der Waals surface area contributed by atoms with Crippen LogP contribution in [-0.2, 0) is 11.2 Å². The Hall–Kier alpha value is -1.51. The minimum Gasteiger partial charge on any atom is -0.271 e. The Balaban J connectivity index is 2.65. The first-order valence-corrected chi connectivity index (χ1v) is 3.27. The number of hydrogen-bond acceptors (Lipinski definition) is 2. The fourth-order valence-electron chi connectivity index (χ4n) is 0.810. The summed E-state index contributed by atoms with van der Waals surface area (Å²) in [5.74, 6) is -0.406. The molecule has 0 bridgehead atoms. The molecule has 1 N–H and O–H groups in total. The summed E-state index contributed by atoms with van der Waals surface area (Å²) in [4.78, 5) is 10.6. The lowest BCUT2D eigenvalue weighted by Gasteiger charge is -1.93. The highest BCUT2D eigenvalue weighted by molar-refractivity contribution is 5.78. The highest BCUT2D eigenvalue weighted by Crippen LogP contribution is 1.99. The first-order valence-electron chi connectivity index (χ1n) is 3.27. The molecule has 3 heteroatoms. The second-order valence-electron chi connectivity index (χ2n) is 2.17. The van der Waals surface area contributed by atoms with E-state index in [9.17, 15) is 4.79 Å². The molecule has 0 saturated heterocycles. The maximum atomic E-state index is 10.6. The first kappa shape index (κ1) is 7.60. The SMILES string of the molecule is N=NC(=O)Cc1ccccc1. The van der Waals surface area contributed by atoms with Gasteiger partial charge in [-0.25, -0.2) is 5.53 Å². The van der Waals surface area contributed by atoms with E-state index >= 15 is 0 Å². The molecule has 0 atom stereocenters. The fraction of sp³-hybridized carbons (Fsp3) is 0.125. The molecule has 11 heavy (non-hydrogen) atoms. The van der Waals surface area contributed by atoms with Crippen molar-refractivity contribution in [2.45, 2.75) is 6.42 Å². The molecule has 1 aromatic rings. The van der Waals surface area contributed by atoms with Gasteiger partial charge in [0.15, 0.2) is 0 Å². The van der Waals surface area contributed by atoms with Crippen molar-refractivity contribution in [1.29, 1.82) is 5.53 Å². The van der Waals surface area contributed by atoms with E-state index in [2.05, 4.69) is 5.11 Å². The van der Waals surface area contributed by atoms with Crippen LogP contribution in [0.25, 0.3) is 0 Å². The third-order valence-corrected chi connectivity index (χ3v) is 1.32. The standard InChI is InChI=1S/C8H8N2O/c9-10-8(11)6-7-4-2-1-3-5-7/h1-5,9H,6H2. The van der Waals surface area contributed by atoms with Gasteiger partial charge in [-0.05, 0) is 5.56 Å². The van der Waals surface area contributed by atoms with Crippen molar-refractivity contribution in [3.05, 3.63) is 35.9 Å². The Morgan fingerprint density at radius 1 is 1.36 bits per heavy atom. The first-order chi connectivity index (χ1) is 5.33. The third kappa shape index (κ3) is 2.29. The third-order valence-electron chi connectivity index (χ3n) is 1.32. The quantitative estimate of drug-likeness (QED) is 0.638. The summed E-state index contributed by atoms with van der Waals surface area (Å²) in [6.07, 6.45) is 0.227.